The molecule has 96 valence electrons. The third-order valence-electron chi connectivity index (χ3n) is 3.26. The molecule has 0 spiro atoms. The van der Waals surface area contributed by atoms with Crippen LogP contribution in [0.5, 0.6) is 0 Å². The summed E-state index contributed by atoms with van der Waals surface area (Å²) in [6, 6.07) is 5.54. The summed E-state index contributed by atoms with van der Waals surface area (Å²) in [4.78, 5) is 25.7. The van der Waals surface area contributed by atoms with Crippen LogP contribution < -0.4 is 5.73 Å². The molecule has 0 fully saturated rings. The molecule has 0 atom stereocenters. The number of fused-ring (bicyclic) bond motifs is 1. The fraction of sp³-hybridized carbons (Fsp3) is 0.429. The highest BCUT2D eigenvalue weighted by Gasteiger charge is 2.29. The number of hydrogen-bond donors (Lipinski definition) is 1. The predicted molar refractivity (Wildman–Crippen MR) is 69.5 cm³/mol. The molecule has 1 aliphatic rings. The Kier molecular flexibility index (Phi) is 3.48. The Morgan fingerprint density at radius 1 is 1.44 bits per heavy atom. The predicted octanol–water partition coefficient (Wildman–Crippen LogP) is 1.58. The minimum Gasteiger partial charge on any atom is -0.332 e. The molecule has 0 saturated carbocycles. The van der Waals surface area contributed by atoms with Crippen molar-refractivity contribution in [2.24, 2.45) is 5.73 Å². The van der Waals surface area contributed by atoms with Crippen molar-refractivity contribution in [2.75, 3.05) is 6.54 Å². The Labute approximate surface area is 107 Å². The zero-order valence-electron chi connectivity index (χ0n) is 10.8. The highest BCUT2D eigenvalue weighted by atomic mass is 16.2. The molecule has 4 heteroatoms. The van der Waals surface area contributed by atoms with Gasteiger partial charge in [-0.05, 0) is 32.0 Å². The molecule has 1 aromatic rings. The highest BCUT2D eigenvalue weighted by Crippen LogP contribution is 2.25. The highest BCUT2D eigenvalue weighted by molar-refractivity contribution is 6.03. The van der Waals surface area contributed by atoms with E-state index in [-0.39, 0.29) is 17.7 Å². The fourth-order valence-electron chi connectivity index (χ4n) is 2.19. The van der Waals surface area contributed by atoms with Gasteiger partial charge in [0.05, 0.1) is 0 Å². The first-order chi connectivity index (χ1) is 8.54. The Morgan fingerprint density at radius 3 is 2.78 bits per heavy atom. The van der Waals surface area contributed by atoms with Crippen LogP contribution in [0.2, 0.25) is 0 Å². The smallest absolute Gasteiger partial charge is 0.254 e. The largest absolute Gasteiger partial charge is 0.332 e. The van der Waals surface area contributed by atoms with Crippen LogP contribution in [0.25, 0.3) is 0 Å². The van der Waals surface area contributed by atoms with Crippen molar-refractivity contribution in [3.63, 3.8) is 0 Å². The van der Waals surface area contributed by atoms with Gasteiger partial charge in [-0.3, -0.25) is 9.59 Å². The molecule has 1 heterocycles. The van der Waals surface area contributed by atoms with E-state index in [1.807, 2.05) is 24.8 Å². The summed E-state index contributed by atoms with van der Waals surface area (Å²) in [6.45, 7) is 4.95. The van der Waals surface area contributed by atoms with Crippen LogP contribution in [0.4, 0.5) is 0 Å². The second kappa shape index (κ2) is 4.90. The molecule has 2 rings (SSSR count). The van der Waals surface area contributed by atoms with E-state index >= 15 is 0 Å². The Hall–Kier alpha value is -1.68. The van der Waals surface area contributed by atoms with Crippen molar-refractivity contribution in [3.8, 4) is 0 Å². The van der Waals surface area contributed by atoms with E-state index in [1.165, 1.54) is 0 Å². The molecule has 0 bridgehead atoms. The van der Waals surface area contributed by atoms with Crippen LogP contribution in [0.1, 0.15) is 46.5 Å². The number of benzene rings is 1. The zero-order chi connectivity index (χ0) is 13.3. The van der Waals surface area contributed by atoms with Crippen molar-refractivity contribution in [1.82, 2.24) is 4.90 Å². The fourth-order valence-corrected chi connectivity index (χ4v) is 2.19. The van der Waals surface area contributed by atoms with Gasteiger partial charge in [-0.2, -0.15) is 0 Å². The van der Waals surface area contributed by atoms with Gasteiger partial charge in [0.1, 0.15) is 0 Å². The first kappa shape index (κ1) is 12.8. The maximum absolute atomic E-state index is 12.2. The lowest BCUT2D eigenvalue weighted by Crippen LogP contribution is -2.30. The van der Waals surface area contributed by atoms with Crippen LogP contribution >= 0.6 is 0 Å². The summed E-state index contributed by atoms with van der Waals surface area (Å²) in [5.41, 5.74) is 7.61. The third-order valence-corrected chi connectivity index (χ3v) is 3.26. The lowest BCUT2D eigenvalue weighted by Gasteiger charge is -2.19. The molecular weight excluding hydrogens is 228 g/mol. The number of Topliss-reactive ketones (excluding diaryl/α,β-unsaturated/α-hetero) is 1. The molecule has 1 amide bonds. The summed E-state index contributed by atoms with van der Waals surface area (Å²) in [5, 5.41) is 0. The van der Waals surface area contributed by atoms with Crippen molar-refractivity contribution in [1.29, 1.82) is 0 Å². The van der Waals surface area contributed by atoms with E-state index < -0.39 is 0 Å². The number of ketones is 1. The molecule has 1 aromatic carbocycles. The lowest BCUT2D eigenvalue weighted by atomic mass is 10.0. The van der Waals surface area contributed by atoms with Gasteiger partial charge in [-0.25, -0.2) is 0 Å². The topological polar surface area (TPSA) is 63.4 Å². The summed E-state index contributed by atoms with van der Waals surface area (Å²) in [6.07, 6.45) is 0.320. The number of hydrogen-bond acceptors (Lipinski definition) is 3. The molecule has 0 aromatic heterocycles. The van der Waals surface area contributed by atoms with Gasteiger partial charge in [-0.15, -0.1) is 0 Å². The Morgan fingerprint density at radius 2 is 2.17 bits per heavy atom. The first-order valence-electron chi connectivity index (χ1n) is 6.21. The van der Waals surface area contributed by atoms with Gasteiger partial charge in [-0.1, -0.05) is 12.1 Å². The lowest BCUT2D eigenvalue weighted by molar-refractivity contribution is 0.0730. The van der Waals surface area contributed by atoms with Gasteiger partial charge in [0.15, 0.2) is 5.78 Å². The summed E-state index contributed by atoms with van der Waals surface area (Å²) >= 11 is 0. The SMILES string of the molecule is CC(C)N1Cc2ccc(C(=O)CCN)cc2C1=O. The summed E-state index contributed by atoms with van der Waals surface area (Å²) in [7, 11) is 0. The van der Waals surface area contributed by atoms with Gasteiger partial charge in [0, 0.05) is 30.1 Å². The number of amides is 1. The second-order valence-electron chi connectivity index (χ2n) is 4.86. The number of rotatable bonds is 4. The first-order valence-corrected chi connectivity index (χ1v) is 6.21. The maximum atomic E-state index is 12.2. The Balaban J connectivity index is 2.30. The minimum absolute atomic E-state index is 0.00361. The zero-order valence-corrected chi connectivity index (χ0v) is 10.8. The van der Waals surface area contributed by atoms with E-state index in [0.29, 0.717) is 30.6 Å². The van der Waals surface area contributed by atoms with Crippen molar-refractivity contribution >= 4 is 11.7 Å². The molecule has 0 saturated heterocycles. The standard InChI is InChI=1S/C14H18N2O2/c1-9(2)16-8-11-4-3-10(13(17)5-6-15)7-12(11)14(16)18/h3-4,7,9H,5-6,8,15H2,1-2H3. The normalized spacial score (nSPS) is 14.2. The van der Waals surface area contributed by atoms with Crippen molar-refractivity contribution in [2.45, 2.75) is 32.9 Å². The molecule has 18 heavy (non-hydrogen) atoms. The quantitative estimate of drug-likeness (QED) is 0.820. The monoisotopic (exact) mass is 246 g/mol. The van der Waals surface area contributed by atoms with E-state index in [9.17, 15) is 9.59 Å². The Bertz CT molecular complexity index is 495. The third kappa shape index (κ3) is 2.16. The molecule has 0 radical (unpaired) electrons. The van der Waals surface area contributed by atoms with Crippen LogP contribution in [0.3, 0.4) is 0 Å². The number of nitrogens with zero attached hydrogens (tertiary/aromatic N) is 1. The molecular formula is C14H18N2O2. The molecule has 0 aliphatic carbocycles. The maximum Gasteiger partial charge on any atom is 0.254 e. The van der Waals surface area contributed by atoms with E-state index in [4.69, 9.17) is 5.73 Å². The van der Waals surface area contributed by atoms with Crippen molar-refractivity contribution in [3.05, 3.63) is 34.9 Å². The van der Waals surface area contributed by atoms with Crippen LogP contribution in [0.15, 0.2) is 18.2 Å². The van der Waals surface area contributed by atoms with E-state index in [1.54, 1.807) is 12.1 Å². The van der Waals surface area contributed by atoms with Gasteiger partial charge >= 0.3 is 0 Å². The van der Waals surface area contributed by atoms with E-state index in [2.05, 4.69) is 0 Å². The van der Waals surface area contributed by atoms with Crippen molar-refractivity contribution < 1.29 is 9.59 Å². The van der Waals surface area contributed by atoms with E-state index in [0.717, 1.165) is 5.56 Å². The van der Waals surface area contributed by atoms with Gasteiger partial charge in [0.2, 0.25) is 0 Å². The number of carbonyl (C=O) groups excluding carboxylic acids is 2. The average molecular weight is 246 g/mol. The molecule has 1 aliphatic heterocycles. The minimum atomic E-state index is -0.00361. The average Bonchev–Trinajstić information content (AvgIpc) is 2.67. The molecule has 0 unspecified atom stereocenters. The van der Waals surface area contributed by atoms with Crippen LogP contribution in [0, 0.1) is 0 Å². The summed E-state index contributed by atoms with van der Waals surface area (Å²) < 4.78 is 0. The number of carbonyl (C=O) groups is 2. The second-order valence-corrected chi connectivity index (χ2v) is 4.86. The van der Waals surface area contributed by atoms with Gasteiger partial charge in [0.25, 0.3) is 5.91 Å². The molecule has 4 nitrogen and oxygen atoms in total. The molecule has 2 N–H and O–H groups in total. The van der Waals surface area contributed by atoms with Gasteiger partial charge < -0.3 is 10.6 Å². The summed E-state index contributed by atoms with van der Waals surface area (Å²) in [5.74, 6) is 0.0125. The van der Waals surface area contributed by atoms with Crippen LogP contribution in [-0.4, -0.2) is 29.2 Å². The number of nitrogens with two attached hydrogens (primary N) is 1. The van der Waals surface area contributed by atoms with Crippen LogP contribution in [-0.2, 0) is 6.54 Å².